The van der Waals surface area contributed by atoms with E-state index in [9.17, 15) is 9.18 Å². The Labute approximate surface area is 138 Å². The lowest BCUT2D eigenvalue weighted by Gasteiger charge is -2.09. The molecule has 0 unspecified atom stereocenters. The average molecular weight is 332 g/mol. The first kappa shape index (κ1) is 17.3. The Morgan fingerprint density at radius 2 is 2.00 bits per heavy atom. The fourth-order valence-electron chi connectivity index (χ4n) is 1.97. The number of benzene rings is 2. The molecule has 126 valence electrons. The normalized spacial score (nSPS) is 10.5. The fraction of sp³-hybridized carbons (Fsp3) is 0.176. The molecule has 0 saturated carbocycles. The maximum atomic E-state index is 13.0. The van der Waals surface area contributed by atoms with Gasteiger partial charge in [0.25, 0.3) is 5.91 Å². The van der Waals surface area contributed by atoms with Crippen LogP contribution in [-0.2, 0) is 9.63 Å². The summed E-state index contributed by atoms with van der Waals surface area (Å²) in [7, 11) is 3.05. The zero-order valence-electron chi connectivity index (χ0n) is 13.3. The first-order valence-electron chi connectivity index (χ1n) is 7.05. The molecule has 1 N–H and O–H groups in total. The SMILES string of the molecule is COc1cccc(/C=N\OCC(=O)Nc2cccc(F)c2)c1OC. The molecule has 0 spiro atoms. The summed E-state index contributed by atoms with van der Waals surface area (Å²) in [6.07, 6.45) is 1.41. The van der Waals surface area contributed by atoms with Gasteiger partial charge in [0.2, 0.25) is 0 Å². The van der Waals surface area contributed by atoms with Gasteiger partial charge in [0.05, 0.1) is 20.4 Å². The molecule has 24 heavy (non-hydrogen) atoms. The fourth-order valence-corrected chi connectivity index (χ4v) is 1.97. The molecule has 1 amide bonds. The number of nitrogens with zero attached hydrogens (tertiary/aromatic N) is 1. The molecule has 0 saturated heterocycles. The van der Waals surface area contributed by atoms with E-state index < -0.39 is 11.7 Å². The third-order valence-electron chi connectivity index (χ3n) is 3.00. The number of methoxy groups -OCH3 is 2. The highest BCUT2D eigenvalue weighted by atomic mass is 19.1. The predicted molar refractivity (Wildman–Crippen MR) is 88.1 cm³/mol. The molecule has 2 aromatic rings. The topological polar surface area (TPSA) is 69.2 Å². The van der Waals surface area contributed by atoms with Crippen LogP contribution in [0.5, 0.6) is 11.5 Å². The molecular formula is C17H17FN2O4. The molecule has 2 aromatic carbocycles. The van der Waals surface area contributed by atoms with Crippen LogP contribution in [0.3, 0.4) is 0 Å². The standard InChI is InChI=1S/C17H17FN2O4/c1-22-15-8-3-5-12(17(15)23-2)10-19-24-11-16(21)20-14-7-4-6-13(18)9-14/h3-10H,11H2,1-2H3,(H,20,21)/b19-10-. The second kappa shape index (κ2) is 8.52. The van der Waals surface area contributed by atoms with Gasteiger partial charge in [-0.1, -0.05) is 17.3 Å². The summed E-state index contributed by atoms with van der Waals surface area (Å²) in [5, 5.41) is 6.23. The summed E-state index contributed by atoms with van der Waals surface area (Å²) in [6, 6.07) is 10.9. The Bertz CT molecular complexity index is 734. The maximum absolute atomic E-state index is 13.0. The third kappa shape index (κ3) is 4.70. The average Bonchev–Trinajstić information content (AvgIpc) is 2.58. The Kier molecular flexibility index (Phi) is 6.13. The first-order chi connectivity index (χ1) is 11.6. The molecule has 0 heterocycles. The first-order valence-corrected chi connectivity index (χ1v) is 7.05. The summed E-state index contributed by atoms with van der Waals surface area (Å²) < 4.78 is 23.4. The Hall–Kier alpha value is -3.09. The molecule has 7 heteroatoms. The lowest BCUT2D eigenvalue weighted by atomic mass is 10.2. The van der Waals surface area contributed by atoms with Gasteiger partial charge in [-0.3, -0.25) is 4.79 Å². The third-order valence-corrected chi connectivity index (χ3v) is 3.00. The quantitative estimate of drug-likeness (QED) is 0.625. The Morgan fingerprint density at radius 1 is 1.21 bits per heavy atom. The van der Waals surface area contributed by atoms with E-state index in [0.717, 1.165) is 0 Å². The van der Waals surface area contributed by atoms with E-state index in [1.165, 1.54) is 38.6 Å². The summed E-state index contributed by atoms with van der Waals surface area (Å²) in [5.74, 6) is 0.189. The zero-order valence-corrected chi connectivity index (χ0v) is 13.3. The van der Waals surface area contributed by atoms with Gasteiger partial charge >= 0.3 is 0 Å². The van der Waals surface area contributed by atoms with Gasteiger partial charge in [0.15, 0.2) is 18.1 Å². The van der Waals surface area contributed by atoms with Crippen molar-refractivity contribution in [2.45, 2.75) is 0 Å². The molecule has 0 aliphatic carbocycles. The van der Waals surface area contributed by atoms with Crippen molar-refractivity contribution < 1.29 is 23.5 Å². The van der Waals surface area contributed by atoms with Gasteiger partial charge in [-0.25, -0.2) is 4.39 Å². The number of ether oxygens (including phenoxy) is 2. The van der Waals surface area contributed by atoms with Crippen molar-refractivity contribution in [3.05, 3.63) is 53.8 Å². The minimum absolute atomic E-state index is 0.306. The number of para-hydroxylation sites is 1. The summed E-state index contributed by atoms with van der Waals surface area (Å²) in [5.41, 5.74) is 0.990. The van der Waals surface area contributed by atoms with E-state index in [-0.39, 0.29) is 6.61 Å². The summed E-state index contributed by atoms with van der Waals surface area (Å²) >= 11 is 0. The maximum Gasteiger partial charge on any atom is 0.265 e. The van der Waals surface area contributed by atoms with Crippen LogP contribution in [0.25, 0.3) is 0 Å². The Balaban J connectivity index is 1.90. The highest BCUT2D eigenvalue weighted by molar-refractivity contribution is 5.91. The molecule has 0 aliphatic heterocycles. The van der Waals surface area contributed by atoms with Crippen molar-refractivity contribution in [1.29, 1.82) is 0 Å². The van der Waals surface area contributed by atoms with E-state index in [0.29, 0.717) is 22.7 Å². The Morgan fingerprint density at radius 3 is 2.71 bits per heavy atom. The number of carbonyl (C=O) groups is 1. The monoisotopic (exact) mass is 332 g/mol. The van der Waals surface area contributed by atoms with E-state index in [4.69, 9.17) is 14.3 Å². The predicted octanol–water partition coefficient (Wildman–Crippen LogP) is 2.83. The number of nitrogens with one attached hydrogen (secondary N) is 1. The van der Waals surface area contributed by atoms with E-state index >= 15 is 0 Å². The van der Waals surface area contributed by atoms with Gasteiger partial charge in [-0.2, -0.15) is 0 Å². The van der Waals surface area contributed by atoms with Crippen LogP contribution in [0.2, 0.25) is 0 Å². The molecule has 0 radical (unpaired) electrons. The number of anilines is 1. The van der Waals surface area contributed by atoms with Crippen LogP contribution in [-0.4, -0.2) is 32.9 Å². The highest BCUT2D eigenvalue weighted by Crippen LogP contribution is 2.29. The number of amides is 1. The molecular weight excluding hydrogens is 315 g/mol. The molecule has 0 aliphatic rings. The number of rotatable bonds is 7. The van der Waals surface area contributed by atoms with Crippen molar-refractivity contribution in [3.8, 4) is 11.5 Å². The molecule has 0 fully saturated rings. The van der Waals surface area contributed by atoms with Crippen molar-refractivity contribution in [3.63, 3.8) is 0 Å². The van der Waals surface area contributed by atoms with Gasteiger partial charge in [0.1, 0.15) is 5.82 Å². The van der Waals surface area contributed by atoms with Gasteiger partial charge < -0.3 is 19.6 Å². The minimum atomic E-state index is -0.449. The van der Waals surface area contributed by atoms with Crippen molar-refractivity contribution >= 4 is 17.8 Å². The van der Waals surface area contributed by atoms with E-state index in [1.54, 1.807) is 24.3 Å². The van der Waals surface area contributed by atoms with Crippen LogP contribution in [0.4, 0.5) is 10.1 Å². The number of oxime groups is 1. The van der Waals surface area contributed by atoms with E-state index in [1.807, 2.05) is 0 Å². The highest BCUT2D eigenvalue weighted by Gasteiger charge is 2.08. The molecule has 6 nitrogen and oxygen atoms in total. The number of hydrogen-bond acceptors (Lipinski definition) is 5. The van der Waals surface area contributed by atoms with Crippen molar-refractivity contribution in [1.82, 2.24) is 0 Å². The van der Waals surface area contributed by atoms with E-state index in [2.05, 4.69) is 10.5 Å². The molecule has 0 atom stereocenters. The smallest absolute Gasteiger partial charge is 0.265 e. The number of carbonyl (C=O) groups excluding carboxylic acids is 1. The molecule has 0 aromatic heterocycles. The van der Waals surface area contributed by atoms with Crippen LogP contribution in [0.1, 0.15) is 5.56 Å². The second-order valence-corrected chi connectivity index (χ2v) is 4.65. The van der Waals surface area contributed by atoms with Crippen LogP contribution < -0.4 is 14.8 Å². The molecule has 0 bridgehead atoms. The lowest BCUT2D eigenvalue weighted by molar-refractivity contribution is -0.120. The summed E-state index contributed by atoms with van der Waals surface area (Å²) in [6.45, 7) is -0.306. The van der Waals surface area contributed by atoms with Gasteiger partial charge in [-0.15, -0.1) is 0 Å². The van der Waals surface area contributed by atoms with Crippen molar-refractivity contribution in [2.75, 3.05) is 26.1 Å². The zero-order chi connectivity index (χ0) is 17.4. The molecule has 2 rings (SSSR count). The largest absolute Gasteiger partial charge is 0.493 e. The number of hydrogen-bond donors (Lipinski definition) is 1. The van der Waals surface area contributed by atoms with Gasteiger partial charge in [0, 0.05) is 11.3 Å². The summed E-state index contributed by atoms with van der Waals surface area (Å²) in [4.78, 5) is 16.6. The van der Waals surface area contributed by atoms with Crippen LogP contribution >= 0.6 is 0 Å². The minimum Gasteiger partial charge on any atom is -0.493 e. The number of halogens is 1. The van der Waals surface area contributed by atoms with Crippen LogP contribution in [0.15, 0.2) is 47.6 Å². The van der Waals surface area contributed by atoms with Crippen LogP contribution in [0, 0.1) is 5.82 Å². The van der Waals surface area contributed by atoms with Crippen molar-refractivity contribution in [2.24, 2.45) is 5.16 Å². The second-order valence-electron chi connectivity index (χ2n) is 4.65. The van der Waals surface area contributed by atoms with Gasteiger partial charge in [-0.05, 0) is 30.3 Å². The lowest BCUT2D eigenvalue weighted by Crippen LogP contribution is -2.17.